The largest absolute Gasteiger partial charge is 0.473 e. The molecule has 3 nitrogen and oxygen atoms in total. The first kappa shape index (κ1) is 12.5. The zero-order valence-corrected chi connectivity index (χ0v) is 10.8. The van der Waals surface area contributed by atoms with Gasteiger partial charge in [-0.1, -0.05) is 12.1 Å². The number of aromatic nitrogens is 1. The van der Waals surface area contributed by atoms with Gasteiger partial charge in [0.05, 0.1) is 11.6 Å². The lowest BCUT2D eigenvalue weighted by Gasteiger charge is -2.07. The molecule has 5 heteroatoms. The predicted molar refractivity (Wildman–Crippen MR) is 67.4 cm³/mol. The summed E-state index contributed by atoms with van der Waals surface area (Å²) in [6.45, 7) is -0.0288. The number of pyridine rings is 1. The Hall–Kier alpha value is -1.93. The van der Waals surface area contributed by atoms with Gasteiger partial charge in [0.15, 0.2) is 0 Å². The maximum atomic E-state index is 13.6. The molecular formula is C13H8BrFN2O. The highest BCUT2D eigenvalue weighted by molar-refractivity contribution is 9.10. The predicted octanol–water partition coefficient (Wildman–Crippen LogP) is 3.43. The molecule has 0 aliphatic rings. The van der Waals surface area contributed by atoms with Crippen LogP contribution in [0.2, 0.25) is 0 Å². The van der Waals surface area contributed by atoms with Crippen LogP contribution in [0.25, 0.3) is 0 Å². The highest BCUT2D eigenvalue weighted by Gasteiger charge is 2.09. The molecule has 2 rings (SSSR count). The van der Waals surface area contributed by atoms with Crippen LogP contribution in [0, 0.1) is 17.1 Å². The van der Waals surface area contributed by atoms with E-state index in [2.05, 4.69) is 20.9 Å². The highest BCUT2D eigenvalue weighted by Crippen LogP contribution is 2.17. The quantitative estimate of drug-likeness (QED) is 0.816. The first-order chi connectivity index (χ1) is 8.70. The van der Waals surface area contributed by atoms with Crippen molar-refractivity contribution in [3.05, 3.63) is 57.9 Å². The maximum absolute atomic E-state index is 13.6. The summed E-state index contributed by atoms with van der Waals surface area (Å²) in [6.07, 6.45) is 0. The molecule has 0 saturated heterocycles. The lowest BCUT2D eigenvalue weighted by molar-refractivity contribution is 0.287. The van der Waals surface area contributed by atoms with Crippen LogP contribution >= 0.6 is 15.9 Å². The van der Waals surface area contributed by atoms with E-state index in [0.29, 0.717) is 10.5 Å². The Kier molecular flexibility index (Phi) is 3.90. The molecule has 0 atom stereocenters. The summed E-state index contributed by atoms with van der Waals surface area (Å²) in [7, 11) is 0. The second-order valence-corrected chi connectivity index (χ2v) is 4.28. The second-order valence-electron chi connectivity index (χ2n) is 3.46. The molecule has 0 radical (unpaired) electrons. The van der Waals surface area contributed by atoms with Gasteiger partial charge in [0.2, 0.25) is 5.88 Å². The third-order valence-electron chi connectivity index (χ3n) is 2.29. The van der Waals surface area contributed by atoms with Crippen LogP contribution in [0.4, 0.5) is 4.39 Å². The summed E-state index contributed by atoms with van der Waals surface area (Å²) in [5, 5.41) is 8.89. The number of halogens is 2. The molecule has 90 valence electrons. The fourth-order valence-electron chi connectivity index (χ4n) is 1.43. The molecule has 0 N–H and O–H groups in total. The molecule has 0 amide bonds. The summed E-state index contributed by atoms with van der Waals surface area (Å²) in [6, 6.07) is 11.5. The first-order valence-corrected chi connectivity index (χ1v) is 5.93. The van der Waals surface area contributed by atoms with E-state index in [1.54, 1.807) is 24.3 Å². The highest BCUT2D eigenvalue weighted by atomic mass is 79.9. The van der Waals surface area contributed by atoms with Gasteiger partial charge < -0.3 is 4.74 Å². The Bertz CT molecular complexity index is 610. The van der Waals surface area contributed by atoms with E-state index in [4.69, 9.17) is 10.00 Å². The number of hydrogen-bond acceptors (Lipinski definition) is 3. The van der Waals surface area contributed by atoms with Crippen molar-refractivity contribution in [2.45, 2.75) is 6.61 Å². The normalized spacial score (nSPS) is 9.83. The van der Waals surface area contributed by atoms with Gasteiger partial charge in [0.25, 0.3) is 0 Å². The number of nitriles is 1. The van der Waals surface area contributed by atoms with E-state index in [-0.39, 0.29) is 17.7 Å². The standard InChI is InChI=1S/C13H8BrFN2O/c14-12-5-2-6-13(17-12)18-8-10-9(7-16)3-1-4-11(10)15/h1-6H,8H2. The lowest BCUT2D eigenvalue weighted by Crippen LogP contribution is -2.02. The van der Waals surface area contributed by atoms with Crippen LogP contribution < -0.4 is 4.74 Å². The van der Waals surface area contributed by atoms with Crippen LogP contribution in [0.3, 0.4) is 0 Å². The average Bonchev–Trinajstić information content (AvgIpc) is 2.37. The van der Waals surface area contributed by atoms with Gasteiger partial charge in [-0.25, -0.2) is 9.37 Å². The topological polar surface area (TPSA) is 45.9 Å². The molecule has 1 heterocycles. The maximum Gasteiger partial charge on any atom is 0.214 e. The molecule has 18 heavy (non-hydrogen) atoms. The van der Waals surface area contributed by atoms with E-state index >= 15 is 0 Å². The third-order valence-corrected chi connectivity index (χ3v) is 2.73. The zero-order chi connectivity index (χ0) is 13.0. The Labute approximate surface area is 112 Å². The van der Waals surface area contributed by atoms with Gasteiger partial charge in [-0.2, -0.15) is 5.26 Å². The molecule has 0 fully saturated rings. The molecule has 0 aliphatic carbocycles. The average molecular weight is 307 g/mol. The fraction of sp³-hybridized carbons (Fsp3) is 0.0769. The summed E-state index contributed by atoms with van der Waals surface area (Å²) >= 11 is 3.21. The van der Waals surface area contributed by atoms with Crippen LogP contribution in [0.15, 0.2) is 41.0 Å². The SMILES string of the molecule is N#Cc1cccc(F)c1COc1cccc(Br)n1. The van der Waals surface area contributed by atoms with E-state index in [0.717, 1.165) is 0 Å². The minimum atomic E-state index is -0.455. The molecule has 0 aliphatic heterocycles. The zero-order valence-electron chi connectivity index (χ0n) is 9.23. The molecular weight excluding hydrogens is 299 g/mol. The van der Waals surface area contributed by atoms with Gasteiger partial charge in [-0.05, 0) is 34.1 Å². The number of ether oxygens (including phenoxy) is 1. The Morgan fingerprint density at radius 2 is 2.06 bits per heavy atom. The molecule has 0 unspecified atom stereocenters. The van der Waals surface area contributed by atoms with Crippen molar-refractivity contribution in [2.75, 3.05) is 0 Å². The summed E-state index contributed by atoms with van der Waals surface area (Å²) in [5.74, 6) is -0.0828. The molecule has 0 saturated carbocycles. The van der Waals surface area contributed by atoms with E-state index < -0.39 is 5.82 Å². The monoisotopic (exact) mass is 306 g/mol. The van der Waals surface area contributed by atoms with Gasteiger partial charge in [-0.15, -0.1) is 0 Å². The minimum absolute atomic E-state index is 0.0288. The third kappa shape index (κ3) is 2.84. The Morgan fingerprint density at radius 1 is 1.28 bits per heavy atom. The van der Waals surface area contributed by atoms with Gasteiger partial charge in [-0.3, -0.25) is 0 Å². The molecule has 0 spiro atoms. The second kappa shape index (κ2) is 5.61. The summed E-state index contributed by atoms with van der Waals surface area (Å²) in [5.41, 5.74) is 0.506. The molecule has 0 bridgehead atoms. The Balaban J connectivity index is 2.18. The number of benzene rings is 1. The van der Waals surface area contributed by atoms with Crippen molar-refractivity contribution in [3.8, 4) is 11.9 Å². The fourth-order valence-corrected chi connectivity index (χ4v) is 1.75. The van der Waals surface area contributed by atoms with Crippen molar-refractivity contribution in [2.24, 2.45) is 0 Å². The summed E-state index contributed by atoms with van der Waals surface area (Å²) < 4.78 is 19.6. The van der Waals surface area contributed by atoms with Crippen LogP contribution in [-0.4, -0.2) is 4.98 Å². The Morgan fingerprint density at radius 3 is 2.78 bits per heavy atom. The van der Waals surface area contributed by atoms with Crippen molar-refractivity contribution in [3.63, 3.8) is 0 Å². The summed E-state index contributed by atoms with van der Waals surface area (Å²) in [4.78, 5) is 4.06. The van der Waals surface area contributed by atoms with E-state index in [9.17, 15) is 4.39 Å². The molecule has 1 aromatic carbocycles. The van der Waals surface area contributed by atoms with Crippen molar-refractivity contribution in [1.82, 2.24) is 4.98 Å². The smallest absolute Gasteiger partial charge is 0.214 e. The first-order valence-electron chi connectivity index (χ1n) is 5.13. The van der Waals surface area contributed by atoms with Crippen molar-refractivity contribution >= 4 is 15.9 Å². The minimum Gasteiger partial charge on any atom is -0.473 e. The van der Waals surface area contributed by atoms with Gasteiger partial charge >= 0.3 is 0 Å². The number of rotatable bonds is 3. The van der Waals surface area contributed by atoms with E-state index in [1.165, 1.54) is 12.1 Å². The number of hydrogen-bond donors (Lipinski definition) is 0. The van der Waals surface area contributed by atoms with Gasteiger partial charge in [0.1, 0.15) is 17.0 Å². The lowest BCUT2D eigenvalue weighted by atomic mass is 10.1. The molecule has 2 aromatic rings. The van der Waals surface area contributed by atoms with Crippen LogP contribution in [0.1, 0.15) is 11.1 Å². The van der Waals surface area contributed by atoms with Crippen LogP contribution in [-0.2, 0) is 6.61 Å². The number of nitrogens with zero attached hydrogens (tertiary/aromatic N) is 2. The van der Waals surface area contributed by atoms with Crippen molar-refractivity contribution < 1.29 is 9.13 Å². The van der Waals surface area contributed by atoms with E-state index in [1.807, 2.05) is 6.07 Å². The van der Waals surface area contributed by atoms with Gasteiger partial charge in [0, 0.05) is 11.6 Å². The molecule has 1 aromatic heterocycles. The van der Waals surface area contributed by atoms with Crippen LogP contribution in [0.5, 0.6) is 5.88 Å². The van der Waals surface area contributed by atoms with Crippen molar-refractivity contribution in [1.29, 1.82) is 5.26 Å².